The molecule has 96 valence electrons. The van der Waals surface area contributed by atoms with E-state index in [2.05, 4.69) is 15.7 Å². The van der Waals surface area contributed by atoms with Crippen LogP contribution in [0.1, 0.15) is 18.4 Å². The molecular weight excluding hydrogens is 228 g/mol. The largest absolute Gasteiger partial charge is 0.357 e. The molecule has 1 fully saturated rings. The van der Waals surface area contributed by atoms with Crippen LogP contribution in [0.2, 0.25) is 0 Å². The Kier molecular flexibility index (Phi) is 3.92. The molecule has 0 saturated carbocycles. The number of carbonyl (C=O) groups is 1. The predicted molar refractivity (Wildman–Crippen MR) is 69.5 cm³/mol. The summed E-state index contributed by atoms with van der Waals surface area (Å²) in [6.07, 6.45) is 1.82. The first-order chi connectivity index (χ1) is 8.70. The Balaban J connectivity index is 2.04. The van der Waals surface area contributed by atoms with Gasteiger partial charge in [-0.05, 0) is 31.9 Å². The highest BCUT2D eigenvalue weighted by Gasteiger charge is 2.29. The zero-order valence-corrected chi connectivity index (χ0v) is 10.8. The molecule has 0 bridgehead atoms. The van der Waals surface area contributed by atoms with Crippen molar-refractivity contribution in [2.24, 2.45) is 10.3 Å². The summed E-state index contributed by atoms with van der Waals surface area (Å²) >= 11 is 0. The molecule has 1 aromatic rings. The van der Waals surface area contributed by atoms with Crippen LogP contribution < -0.4 is 5.32 Å². The fourth-order valence-corrected chi connectivity index (χ4v) is 2.01. The molecule has 2 rings (SSSR count). The van der Waals surface area contributed by atoms with Gasteiger partial charge in [-0.2, -0.15) is 0 Å². The summed E-state index contributed by atoms with van der Waals surface area (Å²) in [7, 11) is 1.65. The van der Waals surface area contributed by atoms with Gasteiger partial charge in [0, 0.05) is 13.6 Å². The van der Waals surface area contributed by atoms with Crippen molar-refractivity contribution in [2.45, 2.75) is 25.8 Å². The fourth-order valence-electron chi connectivity index (χ4n) is 2.01. The molecule has 0 radical (unpaired) electrons. The van der Waals surface area contributed by atoms with E-state index in [4.69, 9.17) is 0 Å². The van der Waals surface area contributed by atoms with Gasteiger partial charge in [0.1, 0.15) is 6.04 Å². The van der Waals surface area contributed by atoms with Gasteiger partial charge in [-0.15, -0.1) is 5.11 Å². The molecule has 5 heteroatoms. The Morgan fingerprint density at radius 2 is 2.11 bits per heavy atom. The fraction of sp³-hybridized carbons (Fsp3) is 0.462. The smallest absolute Gasteiger partial charge is 0.244 e. The summed E-state index contributed by atoms with van der Waals surface area (Å²) in [6, 6.07) is 7.65. The summed E-state index contributed by atoms with van der Waals surface area (Å²) < 4.78 is 0. The Morgan fingerprint density at radius 1 is 1.39 bits per heavy atom. The number of nitrogens with zero attached hydrogens (tertiary/aromatic N) is 3. The lowest BCUT2D eigenvalue weighted by atomic mass is 10.2. The van der Waals surface area contributed by atoms with Crippen LogP contribution in [0.5, 0.6) is 0 Å². The number of amides is 1. The van der Waals surface area contributed by atoms with E-state index in [1.54, 1.807) is 12.1 Å². The Hall–Kier alpha value is -1.91. The minimum Gasteiger partial charge on any atom is -0.357 e. The molecule has 1 aliphatic heterocycles. The van der Waals surface area contributed by atoms with E-state index in [0.29, 0.717) is 0 Å². The second-order valence-electron chi connectivity index (χ2n) is 4.46. The molecule has 0 aliphatic carbocycles. The highest BCUT2D eigenvalue weighted by Crippen LogP contribution is 2.20. The van der Waals surface area contributed by atoms with Crippen LogP contribution in [0.15, 0.2) is 34.6 Å². The van der Waals surface area contributed by atoms with Gasteiger partial charge < -0.3 is 5.32 Å². The highest BCUT2D eigenvalue weighted by molar-refractivity contribution is 5.81. The maximum Gasteiger partial charge on any atom is 0.244 e. The number of hydrogen-bond acceptors (Lipinski definition) is 3. The molecule has 18 heavy (non-hydrogen) atoms. The molecule has 0 spiro atoms. The predicted octanol–water partition coefficient (Wildman–Crippen LogP) is 2.20. The van der Waals surface area contributed by atoms with E-state index >= 15 is 0 Å². The SMILES string of the molecule is CNC(=O)C1CCCN1N=Nc1ccc(C)cc1. The van der Waals surface area contributed by atoms with Crippen molar-refractivity contribution >= 4 is 11.6 Å². The van der Waals surface area contributed by atoms with Gasteiger partial charge in [-0.1, -0.05) is 22.9 Å². The maximum atomic E-state index is 11.6. The van der Waals surface area contributed by atoms with Crippen molar-refractivity contribution in [3.05, 3.63) is 29.8 Å². The average Bonchev–Trinajstić information content (AvgIpc) is 2.85. The zero-order chi connectivity index (χ0) is 13.0. The number of benzene rings is 1. The molecule has 1 atom stereocenters. The molecule has 1 unspecified atom stereocenters. The molecule has 1 aromatic carbocycles. The van der Waals surface area contributed by atoms with Crippen molar-refractivity contribution in [2.75, 3.05) is 13.6 Å². The molecular formula is C13H18N4O. The van der Waals surface area contributed by atoms with Crippen molar-refractivity contribution < 1.29 is 4.79 Å². The second-order valence-corrected chi connectivity index (χ2v) is 4.46. The van der Waals surface area contributed by atoms with Crippen LogP contribution in [-0.4, -0.2) is 30.6 Å². The minimum atomic E-state index is -0.177. The summed E-state index contributed by atoms with van der Waals surface area (Å²) in [4.78, 5) is 11.6. The Morgan fingerprint density at radius 3 is 2.78 bits per heavy atom. The van der Waals surface area contributed by atoms with Crippen LogP contribution in [0, 0.1) is 6.92 Å². The van der Waals surface area contributed by atoms with E-state index in [0.717, 1.165) is 25.1 Å². The van der Waals surface area contributed by atoms with Crippen LogP contribution in [0.3, 0.4) is 0 Å². The third-order valence-electron chi connectivity index (χ3n) is 3.08. The zero-order valence-electron chi connectivity index (χ0n) is 10.8. The number of hydrogen-bond donors (Lipinski definition) is 1. The lowest BCUT2D eigenvalue weighted by molar-refractivity contribution is -0.125. The Labute approximate surface area is 107 Å². The molecule has 1 aliphatic rings. The van der Waals surface area contributed by atoms with Crippen LogP contribution >= 0.6 is 0 Å². The van der Waals surface area contributed by atoms with E-state index in [9.17, 15) is 4.79 Å². The van der Waals surface area contributed by atoms with Crippen molar-refractivity contribution in [1.29, 1.82) is 0 Å². The van der Waals surface area contributed by atoms with Crippen molar-refractivity contribution in [3.8, 4) is 0 Å². The van der Waals surface area contributed by atoms with Crippen LogP contribution in [0.25, 0.3) is 0 Å². The summed E-state index contributed by atoms with van der Waals surface area (Å²) in [5.74, 6) is 0.00959. The van der Waals surface area contributed by atoms with Gasteiger partial charge in [-0.3, -0.25) is 9.80 Å². The van der Waals surface area contributed by atoms with Gasteiger partial charge in [0.25, 0.3) is 0 Å². The van der Waals surface area contributed by atoms with Gasteiger partial charge in [0.2, 0.25) is 5.91 Å². The monoisotopic (exact) mass is 246 g/mol. The third kappa shape index (κ3) is 2.85. The number of carbonyl (C=O) groups excluding carboxylic acids is 1. The number of rotatable bonds is 3. The topological polar surface area (TPSA) is 57.1 Å². The standard InChI is InChI=1S/C13H18N4O/c1-10-5-7-11(8-6-10)15-16-17-9-3-4-12(17)13(18)14-2/h5-8,12H,3-4,9H2,1-2H3,(H,14,18). The van der Waals surface area contributed by atoms with E-state index in [1.807, 2.05) is 31.2 Å². The number of likely N-dealkylation sites (N-methyl/N-ethyl adjacent to an activating group) is 1. The summed E-state index contributed by atoms with van der Waals surface area (Å²) in [6.45, 7) is 2.82. The molecule has 1 heterocycles. The minimum absolute atomic E-state index is 0.00959. The molecule has 0 aromatic heterocycles. The Bertz CT molecular complexity index is 441. The lowest BCUT2D eigenvalue weighted by Crippen LogP contribution is -2.39. The summed E-state index contributed by atoms with van der Waals surface area (Å²) in [5, 5.41) is 12.8. The third-order valence-corrected chi connectivity index (χ3v) is 3.08. The number of aryl methyl sites for hydroxylation is 1. The van der Waals surface area contributed by atoms with Gasteiger partial charge >= 0.3 is 0 Å². The lowest BCUT2D eigenvalue weighted by Gasteiger charge is -2.17. The molecule has 1 amide bonds. The molecule has 1 saturated heterocycles. The van der Waals surface area contributed by atoms with E-state index in [-0.39, 0.29) is 11.9 Å². The quantitative estimate of drug-likeness (QED) is 0.831. The van der Waals surface area contributed by atoms with Crippen molar-refractivity contribution in [1.82, 2.24) is 10.3 Å². The number of nitrogens with one attached hydrogen (secondary N) is 1. The van der Waals surface area contributed by atoms with Crippen LogP contribution in [-0.2, 0) is 4.79 Å². The first-order valence-corrected chi connectivity index (χ1v) is 6.17. The maximum absolute atomic E-state index is 11.6. The first kappa shape index (κ1) is 12.5. The van der Waals surface area contributed by atoms with Gasteiger partial charge in [-0.25, -0.2) is 0 Å². The normalized spacial score (nSPS) is 19.4. The van der Waals surface area contributed by atoms with Crippen molar-refractivity contribution in [3.63, 3.8) is 0 Å². The molecule has 1 N–H and O–H groups in total. The van der Waals surface area contributed by atoms with Gasteiger partial charge in [0.15, 0.2) is 0 Å². The average molecular weight is 246 g/mol. The molecule has 5 nitrogen and oxygen atoms in total. The second kappa shape index (κ2) is 5.62. The first-order valence-electron chi connectivity index (χ1n) is 6.17. The van der Waals surface area contributed by atoms with E-state index in [1.165, 1.54) is 5.56 Å². The van der Waals surface area contributed by atoms with Gasteiger partial charge in [0.05, 0.1) is 5.69 Å². The van der Waals surface area contributed by atoms with Crippen LogP contribution in [0.4, 0.5) is 5.69 Å². The highest BCUT2D eigenvalue weighted by atomic mass is 16.2. The van der Waals surface area contributed by atoms with E-state index < -0.39 is 0 Å². The summed E-state index contributed by atoms with van der Waals surface area (Å²) in [5.41, 5.74) is 2.00.